The van der Waals surface area contributed by atoms with Gasteiger partial charge in [-0.15, -0.1) is 17.1 Å². The van der Waals surface area contributed by atoms with Crippen LogP contribution in [-0.2, 0) is 0 Å². The van der Waals surface area contributed by atoms with Crippen LogP contribution in [0.5, 0.6) is 0 Å². The SMILES string of the molecule is C1=CC=Cc2scnc2C=1. The molecule has 1 aliphatic rings. The van der Waals surface area contributed by atoms with Crippen LogP contribution in [-0.4, -0.2) is 4.98 Å². The van der Waals surface area contributed by atoms with Crippen molar-refractivity contribution in [1.82, 2.24) is 4.98 Å². The minimum absolute atomic E-state index is 1.02. The Morgan fingerprint density at radius 1 is 1.50 bits per heavy atom. The molecule has 2 heteroatoms. The van der Waals surface area contributed by atoms with Gasteiger partial charge in [0.2, 0.25) is 0 Å². The number of thiazole rings is 1. The lowest BCUT2D eigenvalue weighted by atomic mass is 10.3. The van der Waals surface area contributed by atoms with Gasteiger partial charge < -0.3 is 0 Å². The number of nitrogens with zero attached hydrogens (tertiary/aromatic N) is 1. The summed E-state index contributed by atoms with van der Waals surface area (Å²) in [7, 11) is 0. The van der Waals surface area contributed by atoms with Gasteiger partial charge in [0.1, 0.15) is 0 Å². The first-order valence-corrected chi connectivity index (χ1v) is 3.87. The molecule has 10 heavy (non-hydrogen) atoms. The van der Waals surface area contributed by atoms with Crippen molar-refractivity contribution in [2.24, 2.45) is 0 Å². The zero-order valence-electron chi connectivity index (χ0n) is 5.24. The van der Waals surface area contributed by atoms with E-state index in [0.29, 0.717) is 0 Å². The van der Waals surface area contributed by atoms with E-state index in [-0.39, 0.29) is 0 Å². The molecule has 1 aromatic heterocycles. The van der Waals surface area contributed by atoms with Crippen LogP contribution < -0.4 is 0 Å². The quantitative estimate of drug-likeness (QED) is 0.513. The number of hydrogen-bond donors (Lipinski definition) is 0. The number of aromatic nitrogens is 1. The standard InChI is InChI=1S/C8H5NS/c1-2-4-7-8(5-3-1)10-6-9-7/h1,3-6H. The minimum atomic E-state index is 1.02. The molecular weight excluding hydrogens is 142 g/mol. The van der Waals surface area contributed by atoms with Gasteiger partial charge in [0.15, 0.2) is 0 Å². The molecule has 0 spiro atoms. The van der Waals surface area contributed by atoms with Gasteiger partial charge in [-0.05, 0) is 12.2 Å². The second-order valence-corrected chi connectivity index (χ2v) is 2.82. The fourth-order valence-corrected chi connectivity index (χ4v) is 1.48. The second kappa shape index (κ2) is 2.25. The summed E-state index contributed by atoms with van der Waals surface area (Å²) in [6, 6.07) is 0. The van der Waals surface area contributed by atoms with E-state index in [1.807, 2.05) is 29.8 Å². The van der Waals surface area contributed by atoms with Crippen LogP contribution >= 0.6 is 11.3 Å². The molecular formula is C8H5NS. The van der Waals surface area contributed by atoms with E-state index in [2.05, 4.69) is 10.7 Å². The topological polar surface area (TPSA) is 12.9 Å². The van der Waals surface area contributed by atoms with E-state index in [1.54, 1.807) is 11.3 Å². The molecule has 0 saturated heterocycles. The Hall–Kier alpha value is -1.11. The summed E-state index contributed by atoms with van der Waals surface area (Å²) in [6.45, 7) is 0. The molecule has 1 nitrogen and oxygen atoms in total. The van der Waals surface area contributed by atoms with E-state index >= 15 is 0 Å². The lowest BCUT2D eigenvalue weighted by Gasteiger charge is -1.82. The number of hydrogen-bond acceptors (Lipinski definition) is 2. The van der Waals surface area contributed by atoms with Gasteiger partial charge in [-0.3, -0.25) is 0 Å². The molecule has 0 atom stereocenters. The molecule has 1 heterocycles. The van der Waals surface area contributed by atoms with Crippen LogP contribution in [0.3, 0.4) is 0 Å². The smallest absolute Gasteiger partial charge is 0.0888 e. The molecule has 48 valence electrons. The summed E-state index contributed by atoms with van der Waals surface area (Å²) in [4.78, 5) is 5.36. The summed E-state index contributed by atoms with van der Waals surface area (Å²) in [5.74, 6) is 0. The first-order valence-electron chi connectivity index (χ1n) is 2.99. The molecule has 0 saturated carbocycles. The van der Waals surface area contributed by atoms with Crippen molar-refractivity contribution in [1.29, 1.82) is 0 Å². The number of allylic oxidation sites excluding steroid dienone is 2. The molecule has 1 aromatic rings. The van der Waals surface area contributed by atoms with Crippen LogP contribution in [0.15, 0.2) is 23.4 Å². The molecule has 1 aliphatic carbocycles. The first-order chi connectivity index (χ1) is 4.97. The summed E-state index contributed by atoms with van der Waals surface area (Å²) in [5.41, 5.74) is 5.87. The molecule has 0 aliphatic heterocycles. The van der Waals surface area contributed by atoms with Crippen molar-refractivity contribution in [3.05, 3.63) is 34.0 Å². The molecule has 2 rings (SSSR count). The monoisotopic (exact) mass is 147 g/mol. The summed E-state index contributed by atoms with van der Waals surface area (Å²) < 4.78 is 0. The second-order valence-electron chi connectivity index (χ2n) is 1.94. The van der Waals surface area contributed by atoms with Crippen molar-refractivity contribution in [3.63, 3.8) is 0 Å². The molecule has 0 bridgehead atoms. The van der Waals surface area contributed by atoms with E-state index in [1.165, 1.54) is 4.88 Å². The Morgan fingerprint density at radius 2 is 2.50 bits per heavy atom. The van der Waals surface area contributed by atoms with Gasteiger partial charge in [0.25, 0.3) is 0 Å². The van der Waals surface area contributed by atoms with Crippen LogP contribution in [0.25, 0.3) is 12.2 Å². The highest BCUT2D eigenvalue weighted by molar-refractivity contribution is 7.10. The third kappa shape index (κ3) is 0.838. The Morgan fingerprint density at radius 3 is 3.50 bits per heavy atom. The normalized spacial score (nSPS) is 13.2. The maximum absolute atomic E-state index is 4.15. The van der Waals surface area contributed by atoms with E-state index in [9.17, 15) is 0 Å². The lowest BCUT2D eigenvalue weighted by Crippen LogP contribution is -1.70. The van der Waals surface area contributed by atoms with Crippen LogP contribution in [0.4, 0.5) is 0 Å². The fraction of sp³-hybridized carbons (Fsp3) is 0. The predicted molar refractivity (Wildman–Crippen MR) is 43.7 cm³/mol. The molecule has 0 N–H and O–H groups in total. The van der Waals surface area contributed by atoms with Crippen LogP contribution in [0.1, 0.15) is 10.6 Å². The Balaban J connectivity index is 2.68. The van der Waals surface area contributed by atoms with E-state index in [0.717, 1.165) is 5.69 Å². The van der Waals surface area contributed by atoms with Crippen molar-refractivity contribution in [2.45, 2.75) is 0 Å². The molecule has 0 amide bonds. The Kier molecular flexibility index (Phi) is 1.28. The highest BCUT2D eigenvalue weighted by atomic mass is 32.1. The van der Waals surface area contributed by atoms with Crippen LogP contribution in [0, 0.1) is 0 Å². The highest BCUT2D eigenvalue weighted by Crippen LogP contribution is 2.17. The maximum Gasteiger partial charge on any atom is 0.0888 e. The number of fused-ring (bicyclic) bond motifs is 1. The third-order valence-corrected chi connectivity index (χ3v) is 2.09. The van der Waals surface area contributed by atoms with Crippen molar-refractivity contribution in [3.8, 4) is 0 Å². The van der Waals surface area contributed by atoms with Crippen molar-refractivity contribution in [2.75, 3.05) is 0 Å². The predicted octanol–water partition coefficient (Wildman–Crippen LogP) is 2.34. The first kappa shape index (κ1) is 5.66. The average Bonchev–Trinajstić information content (AvgIpc) is 2.28. The Labute approximate surface area is 63.0 Å². The van der Waals surface area contributed by atoms with Crippen LogP contribution in [0.2, 0.25) is 0 Å². The largest absolute Gasteiger partial charge is 0.244 e. The van der Waals surface area contributed by atoms with Gasteiger partial charge in [0.05, 0.1) is 16.1 Å². The minimum Gasteiger partial charge on any atom is -0.244 e. The van der Waals surface area contributed by atoms with Gasteiger partial charge in [-0.25, -0.2) is 4.98 Å². The van der Waals surface area contributed by atoms with Gasteiger partial charge in [-0.1, -0.05) is 6.08 Å². The Bertz CT molecular complexity index is 327. The van der Waals surface area contributed by atoms with E-state index in [4.69, 9.17) is 0 Å². The number of rotatable bonds is 0. The maximum atomic E-state index is 4.15. The lowest BCUT2D eigenvalue weighted by molar-refractivity contribution is 1.38. The molecule has 0 aromatic carbocycles. The molecule has 0 radical (unpaired) electrons. The summed E-state index contributed by atoms with van der Waals surface area (Å²) in [5, 5.41) is 0. The average molecular weight is 147 g/mol. The molecule has 0 unspecified atom stereocenters. The summed E-state index contributed by atoms with van der Waals surface area (Å²) >= 11 is 1.65. The highest BCUT2D eigenvalue weighted by Gasteiger charge is 1.98. The van der Waals surface area contributed by atoms with Gasteiger partial charge in [-0.2, -0.15) is 0 Å². The summed E-state index contributed by atoms with van der Waals surface area (Å²) in [6.07, 6.45) is 7.80. The van der Waals surface area contributed by atoms with E-state index < -0.39 is 0 Å². The van der Waals surface area contributed by atoms with Gasteiger partial charge in [0, 0.05) is 6.08 Å². The zero-order valence-corrected chi connectivity index (χ0v) is 6.06. The fourth-order valence-electron chi connectivity index (χ4n) is 0.815. The van der Waals surface area contributed by atoms with Crippen molar-refractivity contribution < 1.29 is 0 Å². The van der Waals surface area contributed by atoms with Crippen molar-refractivity contribution >= 4 is 23.5 Å². The zero-order chi connectivity index (χ0) is 6.81. The molecule has 0 fully saturated rings. The third-order valence-electron chi connectivity index (χ3n) is 1.28. The van der Waals surface area contributed by atoms with Gasteiger partial charge >= 0.3 is 0 Å².